The average Bonchev–Trinajstić information content (AvgIpc) is 2.96. The van der Waals surface area contributed by atoms with Crippen LogP contribution in [-0.2, 0) is 11.3 Å². The first-order valence-electron chi connectivity index (χ1n) is 5.81. The van der Waals surface area contributed by atoms with E-state index in [9.17, 15) is 14.9 Å². The highest BCUT2D eigenvalue weighted by molar-refractivity contribution is 8.00. The zero-order chi connectivity index (χ0) is 14.4. The second kappa shape index (κ2) is 6.76. The molecule has 0 saturated heterocycles. The first kappa shape index (κ1) is 14.1. The highest BCUT2D eigenvalue weighted by atomic mass is 32.2. The average molecular weight is 292 g/mol. The van der Waals surface area contributed by atoms with E-state index < -0.39 is 4.92 Å². The van der Waals surface area contributed by atoms with Crippen molar-refractivity contribution in [2.75, 3.05) is 5.75 Å². The second-order valence-corrected chi connectivity index (χ2v) is 4.94. The fourth-order valence-electron chi connectivity index (χ4n) is 1.46. The van der Waals surface area contributed by atoms with Crippen molar-refractivity contribution in [2.24, 2.45) is 0 Å². The number of nitrogens with one attached hydrogen (secondary N) is 1. The number of carbonyl (C=O) groups excluding carboxylic acids is 1. The van der Waals surface area contributed by atoms with Crippen LogP contribution in [0.4, 0.5) is 5.69 Å². The molecule has 6 nitrogen and oxygen atoms in total. The lowest BCUT2D eigenvalue weighted by atomic mass is 10.3. The zero-order valence-corrected chi connectivity index (χ0v) is 11.3. The number of rotatable bonds is 6. The largest absolute Gasteiger partial charge is 0.467 e. The second-order valence-electron chi connectivity index (χ2n) is 3.90. The SMILES string of the molecule is O=C(CSc1ccc([N+](=O)[O-])cc1)NCc1ccco1. The van der Waals surface area contributed by atoms with Crippen molar-refractivity contribution in [1.29, 1.82) is 0 Å². The summed E-state index contributed by atoms with van der Waals surface area (Å²) in [5.41, 5.74) is 0.0385. The highest BCUT2D eigenvalue weighted by Crippen LogP contribution is 2.21. The Balaban J connectivity index is 1.76. The first-order valence-corrected chi connectivity index (χ1v) is 6.80. The van der Waals surface area contributed by atoms with Gasteiger partial charge in [-0.2, -0.15) is 0 Å². The molecule has 2 aromatic rings. The van der Waals surface area contributed by atoms with Crippen LogP contribution in [0.3, 0.4) is 0 Å². The number of nitro benzene ring substituents is 1. The molecule has 1 aromatic carbocycles. The van der Waals surface area contributed by atoms with Gasteiger partial charge in [-0.3, -0.25) is 14.9 Å². The lowest BCUT2D eigenvalue weighted by Gasteiger charge is -2.03. The molecule has 0 unspecified atom stereocenters. The van der Waals surface area contributed by atoms with Crippen LogP contribution in [0.2, 0.25) is 0 Å². The van der Waals surface area contributed by atoms with Crippen LogP contribution in [0.25, 0.3) is 0 Å². The molecular weight excluding hydrogens is 280 g/mol. The third-order valence-electron chi connectivity index (χ3n) is 2.46. The van der Waals surface area contributed by atoms with Crippen molar-refractivity contribution in [3.63, 3.8) is 0 Å². The molecule has 104 valence electrons. The van der Waals surface area contributed by atoms with E-state index >= 15 is 0 Å². The summed E-state index contributed by atoms with van der Waals surface area (Å²) in [6.45, 7) is 0.354. The molecular formula is C13H12N2O4S. The Labute approximate surface area is 119 Å². The highest BCUT2D eigenvalue weighted by Gasteiger charge is 2.06. The molecule has 0 bridgehead atoms. The normalized spacial score (nSPS) is 10.2. The molecule has 0 spiro atoms. The summed E-state index contributed by atoms with van der Waals surface area (Å²) in [5, 5.41) is 13.2. The van der Waals surface area contributed by atoms with E-state index in [4.69, 9.17) is 4.42 Å². The number of benzene rings is 1. The van der Waals surface area contributed by atoms with Crippen molar-refractivity contribution in [3.05, 3.63) is 58.5 Å². The van der Waals surface area contributed by atoms with Gasteiger partial charge in [0.25, 0.3) is 5.69 Å². The molecule has 0 radical (unpaired) electrons. The molecule has 7 heteroatoms. The van der Waals surface area contributed by atoms with Gasteiger partial charge in [0.05, 0.1) is 23.5 Å². The minimum absolute atomic E-state index is 0.0385. The summed E-state index contributed by atoms with van der Waals surface area (Å²) in [6, 6.07) is 9.63. The van der Waals surface area contributed by atoms with Gasteiger partial charge in [-0.25, -0.2) is 0 Å². The van der Waals surface area contributed by atoms with E-state index in [0.717, 1.165) is 4.90 Å². The summed E-state index contributed by atoms with van der Waals surface area (Å²) in [7, 11) is 0. The van der Waals surface area contributed by atoms with E-state index in [1.165, 1.54) is 23.9 Å². The minimum atomic E-state index is -0.454. The van der Waals surface area contributed by atoms with Crippen LogP contribution in [-0.4, -0.2) is 16.6 Å². The molecule has 20 heavy (non-hydrogen) atoms. The molecule has 0 atom stereocenters. The minimum Gasteiger partial charge on any atom is -0.467 e. The maximum Gasteiger partial charge on any atom is 0.269 e. The number of amides is 1. The predicted octanol–water partition coefficient (Wildman–Crippen LogP) is 2.60. The van der Waals surface area contributed by atoms with Gasteiger partial charge in [-0.05, 0) is 24.3 Å². The standard InChI is InChI=1S/C13H12N2O4S/c16-13(14-8-11-2-1-7-19-11)9-20-12-5-3-10(4-6-12)15(17)18/h1-7H,8-9H2,(H,14,16). The fourth-order valence-corrected chi connectivity index (χ4v) is 2.19. The molecule has 1 aromatic heterocycles. The van der Waals surface area contributed by atoms with Gasteiger partial charge in [-0.1, -0.05) is 0 Å². The smallest absolute Gasteiger partial charge is 0.269 e. The van der Waals surface area contributed by atoms with Crippen LogP contribution in [0, 0.1) is 10.1 Å². The van der Waals surface area contributed by atoms with Crippen LogP contribution in [0.15, 0.2) is 52.0 Å². The molecule has 0 fully saturated rings. The molecule has 1 N–H and O–H groups in total. The number of carbonyl (C=O) groups is 1. The van der Waals surface area contributed by atoms with E-state index in [1.807, 2.05) is 0 Å². The molecule has 0 aliphatic heterocycles. The maximum atomic E-state index is 11.6. The Kier molecular flexibility index (Phi) is 4.78. The van der Waals surface area contributed by atoms with Crippen LogP contribution >= 0.6 is 11.8 Å². The number of thioether (sulfide) groups is 1. The number of hydrogen-bond donors (Lipinski definition) is 1. The lowest BCUT2D eigenvalue weighted by Crippen LogP contribution is -2.24. The molecule has 1 heterocycles. The van der Waals surface area contributed by atoms with Crippen molar-refractivity contribution >= 4 is 23.4 Å². The van der Waals surface area contributed by atoms with E-state index in [-0.39, 0.29) is 17.3 Å². The van der Waals surface area contributed by atoms with Gasteiger partial charge in [0.1, 0.15) is 5.76 Å². The van der Waals surface area contributed by atoms with E-state index in [0.29, 0.717) is 12.3 Å². The quantitative estimate of drug-likeness (QED) is 0.502. The Morgan fingerprint density at radius 2 is 2.05 bits per heavy atom. The summed E-state index contributed by atoms with van der Waals surface area (Å²) in [6.07, 6.45) is 1.55. The Bertz CT molecular complexity index is 581. The molecule has 1 amide bonds. The van der Waals surface area contributed by atoms with E-state index in [2.05, 4.69) is 5.32 Å². The van der Waals surface area contributed by atoms with Gasteiger partial charge in [-0.15, -0.1) is 11.8 Å². The summed E-state index contributed by atoms with van der Waals surface area (Å²) in [5.74, 6) is 0.821. The number of non-ortho nitro benzene ring substituents is 1. The zero-order valence-electron chi connectivity index (χ0n) is 10.4. The number of nitrogens with zero attached hydrogens (tertiary/aromatic N) is 1. The van der Waals surface area contributed by atoms with Crippen LogP contribution in [0.5, 0.6) is 0 Å². The molecule has 0 aliphatic rings. The first-order chi connectivity index (χ1) is 9.65. The molecule has 0 aliphatic carbocycles. The monoisotopic (exact) mass is 292 g/mol. The Morgan fingerprint density at radius 1 is 1.30 bits per heavy atom. The van der Waals surface area contributed by atoms with Crippen molar-refractivity contribution in [3.8, 4) is 0 Å². The third-order valence-corrected chi connectivity index (χ3v) is 3.47. The van der Waals surface area contributed by atoms with Crippen LogP contribution < -0.4 is 5.32 Å². The topological polar surface area (TPSA) is 85.4 Å². The third kappa shape index (κ3) is 4.13. The van der Waals surface area contributed by atoms with Crippen LogP contribution in [0.1, 0.15) is 5.76 Å². The predicted molar refractivity (Wildman–Crippen MR) is 74.4 cm³/mol. The van der Waals surface area contributed by atoms with Crippen molar-refractivity contribution < 1.29 is 14.1 Å². The number of hydrogen-bond acceptors (Lipinski definition) is 5. The summed E-state index contributed by atoms with van der Waals surface area (Å²) >= 11 is 1.32. The Hall–Kier alpha value is -2.28. The lowest BCUT2D eigenvalue weighted by molar-refractivity contribution is -0.384. The van der Waals surface area contributed by atoms with Gasteiger partial charge in [0.2, 0.25) is 5.91 Å². The molecule has 2 rings (SSSR count). The number of furan rings is 1. The maximum absolute atomic E-state index is 11.6. The van der Waals surface area contributed by atoms with Crippen molar-refractivity contribution in [1.82, 2.24) is 5.32 Å². The fraction of sp³-hybridized carbons (Fsp3) is 0.154. The van der Waals surface area contributed by atoms with E-state index in [1.54, 1.807) is 30.5 Å². The molecule has 0 saturated carbocycles. The van der Waals surface area contributed by atoms with Crippen molar-refractivity contribution in [2.45, 2.75) is 11.4 Å². The van der Waals surface area contributed by atoms with Gasteiger partial charge < -0.3 is 9.73 Å². The summed E-state index contributed by atoms with van der Waals surface area (Å²) < 4.78 is 5.10. The number of nitro groups is 1. The Morgan fingerprint density at radius 3 is 2.65 bits per heavy atom. The van der Waals surface area contributed by atoms with Gasteiger partial charge in [0.15, 0.2) is 0 Å². The summed E-state index contributed by atoms with van der Waals surface area (Å²) in [4.78, 5) is 22.5. The van der Waals surface area contributed by atoms with Gasteiger partial charge in [0, 0.05) is 17.0 Å². The van der Waals surface area contributed by atoms with Gasteiger partial charge >= 0.3 is 0 Å².